The SMILES string of the molecule is Oc1c(I)cc(I)cc1CNCC1CCCN(Cc2ccccc2)C1. The van der Waals surface area contributed by atoms with Crippen molar-refractivity contribution < 1.29 is 5.11 Å². The Bertz CT molecular complexity index is 694. The maximum Gasteiger partial charge on any atom is 0.133 e. The van der Waals surface area contributed by atoms with Gasteiger partial charge in [-0.15, -0.1) is 0 Å². The number of phenols is 1. The van der Waals surface area contributed by atoms with E-state index >= 15 is 0 Å². The summed E-state index contributed by atoms with van der Waals surface area (Å²) >= 11 is 4.50. The summed E-state index contributed by atoms with van der Waals surface area (Å²) in [5.74, 6) is 1.10. The number of nitrogens with one attached hydrogen (secondary N) is 1. The van der Waals surface area contributed by atoms with E-state index in [2.05, 4.69) is 91.8 Å². The zero-order valence-electron chi connectivity index (χ0n) is 14.2. The molecule has 3 rings (SSSR count). The third-order valence-corrected chi connectivity index (χ3v) is 6.15. The van der Waals surface area contributed by atoms with Crippen LogP contribution in [0.3, 0.4) is 0 Å². The van der Waals surface area contributed by atoms with E-state index in [1.165, 1.54) is 28.5 Å². The van der Waals surface area contributed by atoms with E-state index in [-0.39, 0.29) is 0 Å². The molecule has 0 bridgehead atoms. The molecule has 25 heavy (non-hydrogen) atoms. The number of likely N-dealkylation sites (tertiary alicyclic amines) is 1. The minimum Gasteiger partial charge on any atom is -0.507 e. The minimum absolute atomic E-state index is 0.419. The van der Waals surface area contributed by atoms with Gasteiger partial charge in [0.25, 0.3) is 0 Å². The van der Waals surface area contributed by atoms with Gasteiger partial charge in [-0.05, 0) is 94.7 Å². The summed E-state index contributed by atoms with van der Waals surface area (Å²) in [6.07, 6.45) is 2.56. The molecule has 2 aromatic rings. The third-order valence-electron chi connectivity index (χ3n) is 4.71. The molecule has 1 aliphatic rings. The molecule has 1 aliphatic heterocycles. The molecule has 0 amide bonds. The van der Waals surface area contributed by atoms with Crippen molar-refractivity contribution in [3.8, 4) is 5.75 Å². The van der Waals surface area contributed by atoms with Crippen LogP contribution in [0, 0.1) is 13.1 Å². The maximum atomic E-state index is 10.2. The fourth-order valence-corrected chi connectivity index (χ4v) is 5.43. The fraction of sp³-hybridized carbons (Fsp3) is 0.400. The summed E-state index contributed by atoms with van der Waals surface area (Å²) in [6.45, 7) is 5.13. The van der Waals surface area contributed by atoms with Gasteiger partial charge in [-0.3, -0.25) is 4.90 Å². The molecule has 0 aromatic heterocycles. The van der Waals surface area contributed by atoms with Crippen molar-refractivity contribution in [1.29, 1.82) is 0 Å². The lowest BCUT2D eigenvalue weighted by atomic mass is 9.97. The summed E-state index contributed by atoms with van der Waals surface area (Å²) < 4.78 is 2.09. The molecule has 2 N–H and O–H groups in total. The van der Waals surface area contributed by atoms with Crippen LogP contribution in [-0.4, -0.2) is 29.6 Å². The van der Waals surface area contributed by atoms with Gasteiger partial charge in [0.2, 0.25) is 0 Å². The maximum absolute atomic E-state index is 10.2. The predicted octanol–water partition coefficient (Wildman–Crippen LogP) is 4.60. The molecule has 1 fully saturated rings. The standard InChI is InChI=1S/C20H24I2N2O/c21-18-9-17(20(25)19(22)10-18)12-23-11-16-7-4-8-24(14-16)13-15-5-2-1-3-6-15/h1-3,5-6,9-10,16,23,25H,4,7-8,11-14H2. The third kappa shape index (κ3) is 5.80. The quantitative estimate of drug-likeness (QED) is 0.506. The van der Waals surface area contributed by atoms with Gasteiger partial charge in [-0.25, -0.2) is 0 Å². The second-order valence-corrected chi connectivity index (χ2v) is 9.16. The van der Waals surface area contributed by atoms with Crippen LogP contribution < -0.4 is 5.32 Å². The van der Waals surface area contributed by atoms with E-state index in [9.17, 15) is 5.11 Å². The predicted molar refractivity (Wildman–Crippen MR) is 120 cm³/mol. The highest BCUT2D eigenvalue weighted by atomic mass is 127. The molecule has 2 aromatic carbocycles. The number of nitrogens with zero attached hydrogens (tertiary/aromatic N) is 1. The van der Waals surface area contributed by atoms with E-state index in [0.29, 0.717) is 11.7 Å². The normalized spacial score (nSPS) is 18.4. The highest BCUT2D eigenvalue weighted by Gasteiger charge is 2.19. The van der Waals surface area contributed by atoms with Gasteiger partial charge < -0.3 is 10.4 Å². The van der Waals surface area contributed by atoms with Gasteiger partial charge >= 0.3 is 0 Å². The largest absolute Gasteiger partial charge is 0.507 e. The van der Waals surface area contributed by atoms with Crippen molar-refractivity contribution in [1.82, 2.24) is 10.2 Å². The number of hydrogen-bond acceptors (Lipinski definition) is 3. The van der Waals surface area contributed by atoms with Crippen molar-refractivity contribution in [2.45, 2.75) is 25.9 Å². The highest BCUT2D eigenvalue weighted by Crippen LogP contribution is 2.27. The molecule has 3 nitrogen and oxygen atoms in total. The zero-order valence-corrected chi connectivity index (χ0v) is 18.5. The van der Waals surface area contributed by atoms with Gasteiger partial charge in [0.15, 0.2) is 0 Å². The summed E-state index contributed by atoms with van der Waals surface area (Å²) in [7, 11) is 0. The van der Waals surface area contributed by atoms with Crippen LogP contribution >= 0.6 is 45.2 Å². The van der Waals surface area contributed by atoms with Crippen LogP contribution in [-0.2, 0) is 13.1 Å². The van der Waals surface area contributed by atoms with Crippen LogP contribution in [0.2, 0.25) is 0 Å². The number of phenolic OH excluding ortho intramolecular Hbond substituents is 1. The first-order valence-electron chi connectivity index (χ1n) is 8.75. The Morgan fingerprint density at radius 1 is 1.16 bits per heavy atom. The van der Waals surface area contributed by atoms with Crippen LogP contribution in [0.4, 0.5) is 0 Å². The van der Waals surface area contributed by atoms with Crippen molar-refractivity contribution in [3.05, 3.63) is 60.7 Å². The lowest BCUT2D eigenvalue weighted by Gasteiger charge is -2.33. The number of aromatic hydroxyl groups is 1. The summed E-state index contributed by atoms with van der Waals surface area (Å²) in [4.78, 5) is 2.57. The Kier molecular flexibility index (Phi) is 7.39. The Labute approximate surface area is 177 Å². The number of benzene rings is 2. The average Bonchev–Trinajstić information content (AvgIpc) is 2.60. The number of hydrogen-bond donors (Lipinski definition) is 2. The molecular weight excluding hydrogens is 538 g/mol. The molecular formula is C20H24I2N2O. The highest BCUT2D eigenvalue weighted by molar-refractivity contribution is 14.1. The molecule has 0 aliphatic carbocycles. The fourth-order valence-electron chi connectivity index (χ4n) is 3.47. The molecule has 5 heteroatoms. The van der Waals surface area contributed by atoms with Crippen LogP contribution in [0.5, 0.6) is 5.75 Å². The first-order chi connectivity index (χ1) is 12.1. The van der Waals surface area contributed by atoms with Crippen LogP contribution in [0.25, 0.3) is 0 Å². The number of rotatable bonds is 6. The van der Waals surface area contributed by atoms with Crippen molar-refractivity contribution in [2.75, 3.05) is 19.6 Å². The Balaban J connectivity index is 1.48. The Morgan fingerprint density at radius 2 is 1.96 bits per heavy atom. The van der Waals surface area contributed by atoms with Gasteiger partial charge in [-0.1, -0.05) is 30.3 Å². The Morgan fingerprint density at radius 3 is 2.76 bits per heavy atom. The lowest BCUT2D eigenvalue weighted by Crippen LogP contribution is -2.39. The number of halogens is 2. The molecule has 1 unspecified atom stereocenters. The molecule has 1 heterocycles. The van der Waals surface area contributed by atoms with Gasteiger partial charge in [0.1, 0.15) is 5.75 Å². The summed E-state index contributed by atoms with van der Waals surface area (Å²) in [5, 5.41) is 13.8. The van der Waals surface area contributed by atoms with Gasteiger partial charge in [-0.2, -0.15) is 0 Å². The van der Waals surface area contributed by atoms with Crippen LogP contribution in [0.1, 0.15) is 24.0 Å². The van der Waals surface area contributed by atoms with Crippen molar-refractivity contribution in [2.24, 2.45) is 5.92 Å². The molecule has 0 saturated carbocycles. The second kappa shape index (κ2) is 9.53. The molecule has 1 atom stereocenters. The van der Waals surface area contributed by atoms with Crippen molar-refractivity contribution in [3.63, 3.8) is 0 Å². The monoisotopic (exact) mass is 562 g/mol. The summed E-state index contributed by atoms with van der Waals surface area (Å²) in [5.41, 5.74) is 2.39. The first-order valence-corrected chi connectivity index (χ1v) is 10.9. The lowest BCUT2D eigenvalue weighted by molar-refractivity contribution is 0.165. The zero-order chi connectivity index (χ0) is 17.6. The van der Waals surface area contributed by atoms with E-state index < -0.39 is 0 Å². The van der Waals surface area contributed by atoms with Gasteiger partial charge in [0.05, 0.1) is 3.57 Å². The van der Waals surface area contributed by atoms with Gasteiger partial charge in [0, 0.05) is 28.8 Å². The van der Waals surface area contributed by atoms with E-state index in [0.717, 1.165) is 35.3 Å². The van der Waals surface area contributed by atoms with E-state index in [4.69, 9.17) is 0 Å². The summed E-state index contributed by atoms with van der Waals surface area (Å²) in [6, 6.07) is 14.8. The van der Waals surface area contributed by atoms with Crippen LogP contribution in [0.15, 0.2) is 42.5 Å². The molecule has 1 saturated heterocycles. The van der Waals surface area contributed by atoms with Crippen molar-refractivity contribution >= 4 is 45.2 Å². The smallest absolute Gasteiger partial charge is 0.133 e. The molecule has 0 spiro atoms. The van der Waals surface area contributed by atoms with E-state index in [1.54, 1.807) is 0 Å². The topological polar surface area (TPSA) is 35.5 Å². The second-order valence-electron chi connectivity index (χ2n) is 6.76. The average molecular weight is 562 g/mol. The minimum atomic E-state index is 0.419. The van der Waals surface area contributed by atoms with E-state index in [1.807, 2.05) is 6.07 Å². The molecule has 0 radical (unpaired) electrons. The number of piperidine rings is 1. The molecule has 134 valence electrons. The first kappa shape index (κ1) is 19.4. The Hall–Kier alpha value is -0.380.